The van der Waals surface area contributed by atoms with Gasteiger partial charge in [0, 0.05) is 36.8 Å². The number of hydrogen-bond acceptors (Lipinski definition) is 4. The molecule has 0 atom stereocenters. The molecule has 1 aliphatic carbocycles. The molecule has 0 saturated carbocycles. The third-order valence-corrected chi connectivity index (χ3v) is 4.52. The fourth-order valence-electron chi connectivity index (χ4n) is 3.16. The Morgan fingerprint density at radius 3 is 2.63 bits per heavy atom. The highest BCUT2D eigenvalue weighted by molar-refractivity contribution is 6.17. The van der Waals surface area contributed by atoms with Crippen LogP contribution in [0.4, 0.5) is 0 Å². The van der Waals surface area contributed by atoms with Crippen LogP contribution < -0.4 is 11.1 Å². The molecule has 0 aromatic heterocycles. The Labute approximate surface area is 165 Å². The van der Waals surface area contributed by atoms with Crippen molar-refractivity contribution >= 4 is 11.9 Å². The van der Waals surface area contributed by atoms with E-state index in [0.29, 0.717) is 6.54 Å². The average molecular weight is 369 g/mol. The summed E-state index contributed by atoms with van der Waals surface area (Å²) in [6.07, 6.45) is 12.7. The van der Waals surface area contributed by atoms with Crippen LogP contribution in [0.5, 0.6) is 0 Å². The van der Waals surface area contributed by atoms with Crippen LogP contribution in [0.1, 0.15) is 53.9 Å². The van der Waals surface area contributed by atoms with Gasteiger partial charge >= 0.3 is 0 Å². The molecule has 3 N–H and O–H groups in total. The number of hydrogen-bond donors (Lipinski definition) is 2. The zero-order valence-corrected chi connectivity index (χ0v) is 17.9. The highest BCUT2D eigenvalue weighted by atomic mass is 14.8. The minimum Gasteiger partial charge on any atom is -0.404 e. The molecule has 0 radical (unpaired) electrons. The maximum Gasteiger partial charge on any atom is 0.0736 e. The molecule has 1 aliphatic rings. The second kappa shape index (κ2) is 12.2. The molecule has 1 rings (SSSR count). The summed E-state index contributed by atoms with van der Waals surface area (Å²) in [6, 6.07) is 0. The molecule has 0 aliphatic heterocycles. The Kier molecular flexibility index (Phi) is 10.3. The number of aliphatic imine (C=N–C) groups is 2. The highest BCUT2D eigenvalue weighted by Crippen LogP contribution is 2.32. The first-order valence-electron chi connectivity index (χ1n) is 9.90. The zero-order valence-electron chi connectivity index (χ0n) is 17.9. The SMILES string of the molecule is C\C=C/C=N\C(C)=C(\CNC)C(=CN)C(=NCCC)C1=C(CC)CC(C)=C1. The van der Waals surface area contributed by atoms with Crippen molar-refractivity contribution in [3.8, 4) is 0 Å². The molecule has 0 unspecified atom stereocenters. The zero-order chi connectivity index (χ0) is 20.2. The summed E-state index contributed by atoms with van der Waals surface area (Å²) < 4.78 is 0. The lowest BCUT2D eigenvalue weighted by molar-refractivity contribution is 0.876. The van der Waals surface area contributed by atoms with Crippen LogP contribution >= 0.6 is 0 Å². The Bertz CT molecular complexity index is 713. The van der Waals surface area contributed by atoms with Gasteiger partial charge in [-0.2, -0.15) is 0 Å². The average Bonchev–Trinajstić information content (AvgIpc) is 3.04. The van der Waals surface area contributed by atoms with Gasteiger partial charge in [0.05, 0.1) is 5.71 Å². The largest absolute Gasteiger partial charge is 0.404 e. The van der Waals surface area contributed by atoms with Crippen molar-refractivity contribution < 1.29 is 0 Å². The lowest BCUT2D eigenvalue weighted by atomic mass is 9.92. The molecule has 0 aromatic carbocycles. The van der Waals surface area contributed by atoms with Crippen LogP contribution in [0.2, 0.25) is 0 Å². The summed E-state index contributed by atoms with van der Waals surface area (Å²) in [5.41, 5.74) is 14.2. The molecule has 27 heavy (non-hydrogen) atoms. The van der Waals surface area contributed by atoms with E-state index >= 15 is 0 Å². The van der Waals surface area contributed by atoms with Gasteiger partial charge in [0.1, 0.15) is 0 Å². The van der Waals surface area contributed by atoms with Crippen LogP contribution in [-0.4, -0.2) is 32.1 Å². The first-order valence-corrected chi connectivity index (χ1v) is 9.90. The molecule has 0 spiro atoms. The molecule has 0 heterocycles. The Morgan fingerprint density at radius 1 is 1.33 bits per heavy atom. The number of nitrogens with one attached hydrogen (secondary N) is 1. The number of nitrogens with zero attached hydrogens (tertiary/aromatic N) is 2. The Hall–Kier alpha value is -2.20. The monoisotopic (exact) mass is 368 g/mol. The topological polar surface area (TPSA) is 62.8 Å². The van der Waals surface area contributed by atoms with Crippen molar-refractivity contribution in [3.63, 3.8) is 0 Å². The lowest BCUT2D eigenvalue weighted by Gasteiger charge is -2.18. The molecule has 0 fully saturated rings. The number of nitrogens with two attached hydrogens (primary N) is 1. The number of allylic oxidation sites excluding steroid dienone is 7. The summed E-state index contributed by atoms with van der Waals surface area (Å²) >= 11 is 0. The van der Waals surface area contributed by atoms with E-state index < -0.39 is 0 Å². The first-order chi connectivity index (χ1) is 13.0. The van der Waals surface area contributed by atoms with Gasteiger partial charge in [-0.1, -0.05) is 37.1 Å². The molecule has 148 valence electrons. The van der Waals surface area contributed by atoms with Crippen molar-refractivity contribution in [2.75, 3.05) is 20.1 Å². The van der Waals surface area contributed by atoms with Crippen molar-refractivity contribution in [2.24, 2.45) is 15.7 Å². The second-order valence-electron chi connectivity index (χ2n) is 6.75. The Morgan fingerprint density at radius 2 is 2.07 bits per heavy atom. The fourth-order valence-corrected chi connectivity index (χ4v) is 3.16. The van der Waals surface area contributed by atoms with Gasteiger partial charge in [-0.25, -0.2) is 0 Å². The van der Waals surface area contributed by atoms with Crippen molar-refractivity contribution in [3.05, 3.63) is 58.0 Å². The number of rotatable bonds is 10. The van der Waals surface area contributed by atoms with E-state index in [2.05, 4.69) is 37.2 Å². The molecule has 4 nitrogen and oxygen atoms in total. The maximum absolute atomic E-state index is 6.14. The highest BCUT2D eigenvalue weighted by Gasteiger charge is 2.22. The molecular formula is C23H36N4. The fraction of sp³-hybridized carbons (Fsp3) is 0.478. The van der Waals surface area contributed by atoms with Crippen LogP contribution in [0.15, 0.2) is 68.0 Å². The third kappa shape index (κ3) is 6.47. The minimum atomic E-state index is 0.685. The van der Waals surface area contributed by atoms with Gasteiger partial charge in [-0.15, -0.1) is 0 Å². The molecular weight excluding hydrogens is 332 g/mol. The number of likely N-dealkylation sites (N-methyl/N-ethyl adjacent to an activating group) is 1. The third-order valence-electron chi connectivity index (χ3n) is 4.52. The summed E-state index contributed by atoms with van der Waals surface area (Å²) in [5.74, 6) is 0. The molecule has 0 bridgehead atoms. The van der Waals surface area contributed by atoms with E-state index in [1.807, 2.05) is 39.3 Å². The predicted octanol–water partition coefficient (Wildman–Crippen LogP) is 4.88. The van der Waals surface area contributed by atoms with Crippen molar-refractivity contribution in [1.29, 1.82) is 0 Å². The van der Waals surface area contributed by atoms with Crippen molar-refractivity contribution in [1.82, 2.24) is 5.32 Å². The normalized spacial score (nSPS) is 17.3. The second-order valence-corrected chi connectivity index (χ2v) is 6.75. The lowest BCUT2D eigenvalue weighted by Crippen LogP contribution is -2.20. The van der Waals surface area contributed by atoms with E-state index in [0.717, 1.165) is 48.4 Å². The van der Waals surface area contributed by atoms with Gasteiger partial charge in [0.2, 0.25) is 0 Å². The van der Waals surface area contributed by atoms with Gasteiger partial charge in [-0.3, -0.25) is 9.98 Å². The van der Waals surface area contributed by atoms with E-state index in [-0.39, 0.29) is 0 Å². The van der Waals surface area contributed by atoms with Gasteiger partial charge < -0.3 is 11.1 Å². The van der Waals surface area contributed by atoms with Crippen LogP contribution in [0, 0.1) is 0 Å². The Balaban J connectivity index is 3.54. The van der Waals surface area contributed by atoms with E-state index in [4.69, 9.17) is 10.7 Å². The molecule has 0 amide bonds. The minimum absolute atomic E-state index is 0.685. The van der Waals surface area contributed by atoms with Crippen LogP contribution in [0.3, 0.4) is 0 Å². The van der Waals surface area contributed by atoms with Gasteiger partial charge in [0.25, 0.3) is 0 Å². The summed E-state index contributed by atoms with van der Waals surface area (Å²) in [5, 5.41) is 3.26. The summed E-state index contributed by atoms with van der Waals surface area (Å²) in [6.45, 7) is 12.0. The van der Waals surface area contributed by atoms with E-state index in [9.17, 15) is 0 Å². The van der Waals surface area contributed by atoms with Gasteiger partial charge in [0.15, 0.2) is 0 Å². The van der Waals surface area contributed by atoms with E-state index in [1.165, 1.54) is 16.7 Å². The van der Waals surface area contributed by atoms with Crippen molar-refractivity contribution in [2.45, 2.75) is 53.9 Å². The predicted molar refractivity (Wildman–Crippen MR) is 120 cm³/mol. The quantitative estimate of drug-likeness (QED) is 0.426. The first kappa shape index (κ1) is 22.8. The molecule has 4 heteroatoms. The van der Waals surface area contributed by atoms with Crippen LogP contribution in [0.25, 0.3) is 0 Å². The van der Waals surface area contributed by atoms with Gasteiger partial charge in [-0.05, 0) is 64.3 Å². The standard InChI is InChI=1S/C23H36N4/c1-7-10-12-26-18(5)22(16-25-6)21(15-24)23(27-11-8-2)20-14-17(4)13-19(20)9-3/h7,10,12,14-15,25H,8-9,11,13,16,24H2,1-6H3/b10-7-,21-15?,22-18-,26-12-,27-23?. The van der Waals surface area contributed by atoms with E-state index in [1.54, 1.807) is 6.20 Å². The van der Waals surface area contributed by atoms with Crippen LogP contribution in [-0.2, 0) is 0 Å². The summed E-state index contributed by atoms with van der Waals surface area (Å²) in [7, 11) is 1.94. The maximum atomic E-state index is 6.14. The smallest absolute Gasteiger partial charge is 0.0736 e. The molecule has 0 aromatic rings. The summed E-state index contributed by atoms with van der Waals surface area (Å²) in [4.78, 5) is 9.54. The molecule has 0 saturated heterocycles.